The van der Waals surface area contributed by atoms with Gasteiger partial charge in [-0.25, -0.2) is 9.37 Å². The Morgan fingerprint density at radius 2 is 2.19 bits per heavy atom. The summed E-state index contributed by atoms with van der Waals surface area (Å²) in [5, 5.41) is 0. The predicted octanol–water partition coefficient (Wildman–Crippen LogP) is 2.61. The Morgan fingerprint density at radius 1 is 1.44 bits per heavy atom. The van der Waals surface area contributed by atoms with Gasteiger partial charge in [0.2, 0.25) is 0 Å². The third-order valence-electron chi connectivity index (χ3n) is 2.21. The summed E-state index contributed by atoms with van der Waals surface area (Å²) in [5.41, 5.74) is 0.769. The summed E-state index contributed by atoms with van der Waals surface area (Å²) in [6.45, 7) is 1.41. The van der Waals surface area contributed by atoms with Crippen molar-refractivity contribution in [2.75, 3.05) is 0 Å². The number of hydrogen-bond donors (Lipinski definition) is 0. The second-order valence-corrected chi connectivity index (χ2v) is 3.45. The lowest BCUT2D eigenvalue weighted by molar-refractivity contribution is 0.101. The van der Waals surface area contributed by atoms with Gasteiger partial charge in [0.15, 0.2) is 11.7 Å². The summed E-state index contributed by atoms with van der Waals surface area (Å²) in [6, 6.07) is 6.40. The van der Waals surface area contributed by atoms with Gasteiger partial charge < -0.3 is 4.42 Å². The number of nitrogens with zero attached hydrogens (tertiary/aromatic N) is 1. The van der Waals surface area contributed by atoms with Crippen LogP contribution in [0.4, 0.5) is 4.39 Å². The molecule has 0 spiro atoms. The second kappa shape index (κ2) is 4.26. The first-order valence-corrected chi connectivity index (χ1v) is 4.85. The molecule has 2 rings (SSSR count). The van der Waals surface area contributed by atoms with E-state index in [0.717, 1.165) is 0 Å². The number of aromatic nitrogens is 1. The Kier molecular flexibility index (Phi) is 2.81. The quantitative estimate of drug-likeness (QED) is 0.745. The van der Waals surface area contributed by atoms with Gasteiger partial charge in [-0.3, -0.25) is 4.79 Å². The number of rotatable bonds is 3. The molecule has 4 heteroatoms. The van der Waals surface area contributed by atoms with E-state index in [4.69, 9.17) is 4.42 Å². The van der Waals surface area contributed by atoms with Gasteiger partial charge in [0.1, 0.15) is 17.8 Å². The third-order valence-corrected chi connectivity index (χ3v) is 2.21. The minimum Gasteiger partial charge on any atom is -0.448 e. The van der Waals surface area contributed by atoms with Crippen molar-refractivity contribution in [2.45, 2.75) is 13.3 Å². The van der Waals surface area contributed by atoms with E-state index < -0.39 is 0 Å². The van der Waals surface area contributed by atoms with Gasteiger partial charge in [-0.05, 0) is 11.6 Å². The Hall–Kier alpha value is -1.97. The molecule has 82 valence electrons. The highest BCUT2D eigenvalue weighted by atomic mass is 19.1. The molecule has 2 aromatic rings. The standard InChI is InChI=1S/C12H10FNO2/c1-8(15)11-7-16-12(14-11)6-9-4-2-3-5-10(9)13/h2-5,7H,6H2,1H3. The van der Waals surface area contributed by atoms with Crippen molar-refractivity contribution in [1.82, 2.24) is 4.98 Å². The average molecular weight is 219 g/mol. The zero-order valence-corrected chi connectivity index (χ0v) is 8.74. The zero-order chi connectivity index (χ0) is 11.5. The van der Waals surface area contributed by atoms with Crippen molar-refractivity contribution >= 4 is 5.78 Å². The van der Waals surface area contributed by atoms with Crippen molar-refractivity contribution in [3.05, 3.63) is 53.5 Å². The highest BCUT2D eigenvalue weighted by molar-refractivity contribution is 5.91. The van der Waals surface area contributed by atoms with Crippen LogP contribution in [0, 0.1) is 5.82 Å². The first-order valence-electron chi connectivity index (χ1n) is 4.85. The van der Waals surface area contributed by atoms with Gasteiger partial charge in [0.05, 0.1) is 6.42 Å². The number of halogens is 1. The molecule has 0 atom stereocenters. The molecule has 0 radical (unpaired) electrons. The Morgan fingerprint density at radius 3 is 2.81 bits per heavy atom. The fraction of sp³-hybridized carbons (Fsp3) is 0.167. The van der Waals surface area contributed by atoms with E-state index in [0.29, 0.717) is 11.5 Å². The molecule has 0 aliphatic rings. The van der Waals surface area contributed by atoms with Crippen LogP contribution in [0.5, 0.6) is 0 Å². The Bertz CT molecular complexity index is 519. The monoisotopic (exact) mass is 219 g/mol. The summed E-state index contributed by atoms with van der Waals surface area (Å²) in [6.07, 6.45) is 1.54. The molecular weight excluding hydrogens is 209 g/mol. The van der Waals surface area contributed by atoms with Crippen LogP contribution in [-0.4, -0.2) is 10.8 Å². The van der Waals surface area contributed by atoms with Gasteiger partial charge >= 0.3 is 0 Å². The van der Waals surface area contributed by atoms with Crippen molar-refractivity contribution in [2.24, 2.45) is 0 Å². The van der Waals surface area contributed by atoms with E-state index in [2.05, 4.69) is 4.98 Å². The van der Waals surface area contributed by atoms with E-state index >= 15 is 0 Å². The van der Waals surface area contributed by atoms with Crippen molar-refractivity contribution < 1.29 is 13.6 Å². The highest BCUT2D eigenvalue weighted by Gasteiger charge is 2.10. The number of ketones is 1. The van der Waals surface area contributed by atoms with Crippen molar-refractivity contribution in [3.63, 3.8) is 0 Å². The lowest BCUT2D eigenvalue weighted by Crippen LogP contribution is -1.95. The molecule has 0 saturated heterocycles. The molecule has 0 bridgehead atoms. The summed E-state index contributed by atoms with van der Waals surface area (Å²) >= 11 is 0. The van der Waals surface area contributed by atoms with E-state index in [1.54, 1.807) is 18.2 Å². The van der Waals surface area contributed by atoms with E-state index in [1.807, 2.05) is 0 Å². The number of hydrogen-bond acceptors (Lipinski definition) is 3. The lowest BCUT2D eigenvalue weighted by atomic mass is 10.1. The maximum Gasteiger partial charge on any atom is 0.199 e. The molecule has 1 aromatic carbocycles. The molecule has 0 aliphatic heterocycles. The normalized spacial score (nSPS) is 10.4. The first-order chi connectivity index (χ1) is 7.66. The van der Waals surface area contributed by atoms with Gasteiger partial charge in [0, 0.05) is 6.92 Å². The number of carbonyl (C=O) groups is 1. The molecule has 1 aromatic heterocycles. The average Bonchev–Trinajstić information content (AvgIpc) is 2.70. The minimum atomic E-state index is -0.301. The van der Waals surface area contributed by atoms with Crippen LogP contribution in [0.3, 0.4) is 0 Å². The molecule has 0 unspecified atom stereocenters. The van der Waals surface area contributed by atoms with E-state index in [-0.39, 0.29) is 23.7 Å². The highest BCUT2D eigenvalue weighted by Crippen LogP contribution is 2.13. The maximum atomic E-state index is 13.3. The summed E-state index contributed by atoms with van der Waals surface area (Å²) in [5.74, 6) is -0.121. The number of Topliss-reactive ketones (excluding diaryl/α,β-unsaturated/α-hetero) is 1. The number of carbonyl (C=O) groups excluding carboxylic acids is 1. The van der Waals surface area contributed by atoms with E-state index in [1.165, 1.54) is 19.3 Å². The molecule has 0 aliphatic carbocycles. The van der Waals surface area contributed by atoms with Gasteiger partial charge in [0.25, 0.3) is 0 Å². The smallest absolute Gasteiger partial charge is 0.199 e. The second-order valence-electron chi connectivity index (χ2n) is 3.45. The van der Waals surface area contributed by atoms with Crippen LogP contribution in [-0.2, 0) is 6.42 Å². The predicted molar refractivity (Wildman–Crippen MR) is 55.7 cm³/mol. The van der Waals surface area contributed by atoms with Crippen molar-refractivity contribution in [3.8, 4) is 0 Å². The largest absolute Gasteiger partial charge is 0.448 e. The molecule has 1 heterocycles. The topological polar surface area (TPSA) is 43.1 Å². The minimum absolute atomic E-state index is 0.163. The number of oxazole rings is 1. The molecule has 0 fully saturated rings. The van der Waals surface area contributed by atoms with E-state index in [9.17, 15) is 9.18 Å². The molecule has 16 heavy (non-hydrogen) atoms. The SMILES string of the molecule is CC(=O)c1coc(Cc2ccccc2F)n1. The van der Waals surface area contributed by atoms with Crippen LogP contribution in [0.15, 0.2) is 34.9 Å². The zero-order valence-electron chi connectivity index (χ0n) is 8.74. The first kappa shape index (κ1) is 10.5. The molecule has 3 nitrogen and oxygen atoms in total. The summed E-state index contributed by atoms with van der Waals surface area (Å²) in [7, 11) is 0. The van der Waals surface area contributed by atoms with Gasteiger partial charge in [-0.2, -0.15) is 0 Å². The summed E-state index contributed by atoms with van der Waals surface area (Å²) in [4.78, 5) is 14.9. The fourth-order valence-corrected chi connectivity index (χ4v) is 1.36. The van der Waals surface area contributed by atoms with Gasteiger partial charge in [-0.15, -0.1) is 0 Å². The third kappa shape index (κ3) is 2.16. The molecule has 0 amide bonds. The fourth-order valence-electron chi connectivity index (χ4n) is 1.36. The molecule has 0 saturated carbocycles. The number of benzene rings is 1. The van der Waals surface area contributed by atoms with Crippen LogP contribution < -0.4 is 0 Å². The maximum absolute atomic E-state index is 13.3. The van der Waals surface area contributed by atoms with Crippen molar-refractivity contribution in [1.29, 1.82) is 0 Å². The van der Waals surface area contributed by atoms with Crippen LogP contribution in [0.2, 0.25) is 0 Å². The van der Waals surface area contributed by atoms with Gasteiger partial charge in [-0.1, -0.05) is 18.2 Å². The van der Waals surface area contributed by atoms with Crippen LogP contribution >= 0.6 is 0 Å². The molecule has 0 N–H and O–H groups in total. The Balaban J connectivity index is 2.21. The lowest BCUT2D eigenvalue weighted by Gasteiger charge is -1.98. The summed E-state index contributed by atoms with van der Waals surface area (Å²) < 4.78 is 18.4. The molecular formula is C12H10FNO2. The van der Waals surface area contributed by atoms with Crippen LogP contribution in [0.25, 0.3) is 0 Å². The Labute approximate surface area is 91.9 Å². The van der Waals surface area contributed by atoms with Crippen LogP contribution in [0.1, 0.15) is 28.9 Å².